The average molecular weight is 402 g/mol. The molecule has 0 N–H and O–H groups in total. The second-order valence-corrected chi connectivity index (χ2v) is 8.20. The maximum absolute atomic E-state index is 13.3. The van der Waals surface area contributed by atoms with E-state index in [9.17, 15) is 10.1 Å². The van der Waals surface area contributed by atoms with Crippen molar-refractivity contribution < 1.29 is 4.79 Å². The third kappa shape index (κ3) is 4.40. The number of piperazine rings is 1. The van der Waals surface area contributed by atoms with Crippen LogP contribution in [-0.2, 0) is 6.42 Å². The summed E-state index contributed by atoms with van der Waals surface area (Å²) in [7, 11) is 0. The summed E-state index contributed by atoms with van der Waals surface area (Å²) in [5.41, 5.74) is 2.90. The van der Waals surface area contributed by atoms with Crippen molar-refractivity contribution in [2.75, 3.05) is 32.7 Å². The molecule has 1 aliphatic heterocycles. The molecule has 2 heterocycles. The Hall–Kier alpha value is -2.94. The summed E-state index contributed by atoms with van der Waals surface area (Å²) in [4.78, 5) is 19.1. The molecule has 0 atom stereocenters. The number of nitriles is 1. The van der Waals surface area contributed by atoms with Crippen LogP contribution >= 0.6 is 11.3 Å². The van der Waals surface area contributed by atoms with Crippen LogP contribution in [0.2, 0.25) is 0 Å². The number of carbonyl (C=O) groups excluding carboxylic acids is 1. The van der Waals surface area contributed by atoms with Crippen molar-refractivity contribution in [2.24, 2.45) is 0 Å². The first kappa shape index (κ1) is 19.4. The summed E-state index contributed by atoms with van der Waals surface area (Å²) in [5, 5.41) is 11.6. The smallest absolute Gasteiger partial charge is 0.254 e. The number of nitrogens with zero attached hydrogens (tertiary/aromatic N) is 3. The van der Waals surface area contributed by atoms with Crippen LogP contribution in [0.4, 0.5) is 0 Å². The highest BCUT2D eigenvalue weighted by atomic mass is 32.1. The molecule has 1 aliphatic rings. The van der Waals surface area contributed by atoms with E-state index in [1.807, 2.05) is 47.4 Å². The molecular weight excluding hydrogens is 378 g/mol. The molecule has 1 fully saturated rings. The minimum Gasteiger partial charge on any atom is -0.336 e. The molecule has 1 aromatic heterocycles. The third-order valence-corrected chi connectivity index (χ3v) is 6.35. The molecule has 29 heavy (non-hydrogen) atoms. The van der Waals surface area contributed by atoms with Crippen molar-refractivity contribution in [3.05, 3.63) is 82.0 Å². The van der Waals surface area contributed by atoms with Crippen LogP contribution in [-0.4, -0.2) is 48.4 Å². The minimum atomic E-state index is 0.0475. The first-order chi connectivity index (χ1) is 14.3. The van der Waals surface area contributed by atoms with Crippen LogP contribution in [0.5, 0.6) is 0 Å². The Labute approximate surface area is 175 Å². The maximum atomic E-state index is 13.3. The van der Waals surface area contributed by atoms with Crippen LogP contribution in [0, 0.1) is 11.3 Å². The number of hydrogen-bond donors (Lipinski definition) is 0. The van der Waals surface area contributed by atoms with E-state index in [0.717, 1.165) is 50.3 Å². The molecule has 1 amide bonds. The summed E-state index contributed by atoms with van der Waals surface area (Å²) in [6.45, 7) is 4.30. The Kier molecular flexibility index (Phi) is 6.04. The Morgan fingerprint density at radius 1 is 0.931 bits per heavy atom. The van der Waals surface area contributed by atoms with E-state index in [-0.39, 0.29) is 5.91 Å². The lowest BCUT2D eigenvalue weighted by Crippen LogP contribution is -2.49. The Bertz CT molecular complexity index is 1010. The highest BCUT2D eigenvalue weighted by molar-refractivity contribution is 7.09. The fourth-order valence-corrected chi connectivity index (χ4v) is 4.49. The zero-order valence-corrected chi connectivity index (χ0v) is 17.1. The second-order valence-electron chi connectivity index (χ2n) is 7.17. The van der Waals surface area contributed by atoms with Crippen molar-refractivity contribution >= 4 is 17.2 Å². The normalized spacial score (nSPS) is 14.5. The van der Waals surface area contributed by atoms with E-state index < -0.39 is 0 Å². The Balaban J connectivity index is 1.45. The largest absolute Gasteiger partial charge is 0.336 e. The molecule has 3 aromatic rings. The van der Waals surface area contributed by atoms with Gasteiger partial charge in [0.05, 0.1) is 11.6 Å². The van der Waals surface area contributed by atoms with Crippen molar-refractivity contribution in [1.29, 1.82) is 5.26 Å². The highest BCUT2D eigenvalue weighted by Crippen LogP contribution is 2.28. The van der Waals surface area contributed by atoms with E-state index in [0.29, 0.717) is 11.1 Å². The maximum Gasteiger partial charge on any atom is 0.254 e. The van der Waals surface area contributed by atoms with E-state index >= 15 is 0 Å². The first-order valence-corrected chi connectivity index (χ1v) is 10.8. The number of thiophene rings is 1. The zero-order chi connectivity index (χ0) is 20.1. The van der Waals surface area contributed by atoms with Gasteiger partial charge in [0.2, 0.25) is 0 Å². The van der Waals surface area contributed by atoms with Gasteiger partial charge in [-0.05, 0) is 35.6 Å². The predicted octanol–water partition coefficient (Wildman–Crippen LogP) is 4.29. The molecule has 0 radical (unpaired) electrons. The van der Waals surface area contributed by atoms with Crippen LogP contribution in [0.1, 0.15) is 20.8 Å². The molecule has 1 saturated heterocycles. The summed E-state index contributed by atoms with van der Waals surface area (Å²) in [5.74, 6) is 0.0475. The SMILES string of the molecule is N#Cc1ccccc1-c1ccccc1C(=O)N1CCN(CCc2cccs2)CC1. The standard InChI is InChI=1S/C24H23N3OS/c25-18-19-6-1-2-8-21(19)22-9-3-4-10-23(22)24(28)27-15-13-26(14-16-27)12-11-20-7-5-17-29-20/h1-10,17H,11-16H2. The van der Waals surface area contributed by atoms with Crippen molar-refractivity contribution in [1.82, 2.24) is 9.80 Å². The molecule has 0 bridgehead atoms. The van der Waals surface area contributed by atoms with Gasteiger partial charge in [-0.25, -0.2) is 0 Å². The average Bonchev–Trinajstić information content (AvgIpc) is 3.31. The lowest BCUT2D eigenvalue weighted by Gasteiger charge is -2.35. The van der Waals surface area contributed by atoms with Gasteiger partial charge in [-0.15, -0.1) is 11.3 Å². The number of carbonyl (C=O) groups is 1. The van der Waals surface area contributed by atoms with E-state index in [4.69, 9.17) is 0 Å². The minimum absolute atomic E-state index is 0.0475. The fourth-order valence-electron chi connectivity index (χ4n) is 3.79. The van der Waals surface area contributed by atoms with E-state index in [2.05, 4.69) is 28.5 Å². The van der Waals surface area contributed by atoms with E-state index in [1.54, 1.807) is 17.4 Å². The number of amides is 1. The quantitative estimate of drug-likeness (QED) is 0.641. The van der Waals surface area contributed by atoms with Gasteiger partial charge >= 0.3 is 0 Å². The monoisotopic (exact) mass is 401 g/mol. The van der Waals surface area contributed by atoms with Gasteiger partial charge in [0.1, 0.15) is 0 Å². The van der Waals surface area contributed by atoms with Crippen molar-refractivity contribution in [3.8, 4) is 17.2 Å². The molecule has 0 spiro atoms. The van der Waals surface area contributed by atoms with Gasteiger partial charge < -0.3 is 4.90 Å². The molecule has 5 heteroatoms. The highest BCUT2D eigenvalue weighted by Gasteiger charge is 2.24. The summed E-state index contributed by atoms with van der Waals surface area (Å²) in [6.07, 6.45) is 1.07. The molecule has 146 valence electrons. The predicted molar refractivity (Wildman–Crippen MR) is 117 cm³/mol. The molecule has 0 aliphatic carbocycles. The van der Waals surface area contributed by atoms with Crippen LogP contribution in [0.25, 0.3) is 11.1 Å². The van der Waals surface area contributed by atoms with Crippen LogP contribution in [0.15, 0.2) is 66.0 Å². The molecular formula is C24H23N3OS. The third-order valence-electron chi connectivity index (χ3n) is 5.41. The molecule has 0 unspecified atom stereocenters. The molecule has 0 saturated carbocycles. The van der Waals surface area contributed by atoms with Gasteiger partial charge in [-0.3, -0.25) is 9.69 Å². The Morgan fingerprint density at radius 3 is 2.38 bits per heavy atom. The summed E-state index contributed by atoms with van der Waals surface area (Å²) in [6, 6.07) is 21.6. The van der Waals surface area contributed by atoms with Gasteiger partial charge in [-0.1, -0.05) is 42.5 Å². The topological polar surface area (TPSA) is 47.3 Å². The van der Waals surface area contributed by atoms with Gasteiger partial charge in [0.25, 0.3) is 5.91 Å². The number of rotatable bonds is 5. The first-order valence-electron chi connectivity index (χ1n) is 9.89. The van der Waals surface area contributed by atoms with Crippen molar-refractivity contribution in [3.63, 3.8) is 0 Å². The molecule has 2 aromatic carbocycles. The lowest BCUT2D eigenvalue weighted by molar-refractivity contribution is 0.0639. The van der Waals surface area contributed by atoms with Crippen LogP contribution in [0.3, 0.4) is 0 Å². The fraction of sp³-hybridized carbons (Fsp3) is 0.250. The zero-order valence-electron chi connectivity index (χ0n) is 16.3. The van der Waals surface area contributed by atoms with Crippen molar-refractivity contribution in [2.45, 2.75) is 6.42 Å². The van der Waals surface area contributed by atoms with Gasteiger partial charge in [0.15, 0.2) is 0 Å². The van der Waals surface area contributed by atoms with E-state index in [1.165, 1.54) is 4.88 Å². The number of hydrogen-bond acceptors (Lipinski definition) is 4. The summed E-state index contributed by atoms with van der Waals surface area (Å²) >= 11 is 1.80. The molecule has 4 nitrogen and oxygen atoms in total. The Morgan fingerprint density at radius 2 is 1.66 bits per heavy atom. The number of benzene rings is 2. The summed E-state index contributed by atoms with van der Waals surface area (Å²) < 4.78 is 0. The van der Waals surface area contributed by atoms with Crippen LogP contribution < -0.4 is 0 Å². The van der Waals surface area contributed by atoms with Gasteiger partial charge in [0, 0.05) is 48.7 Å². The second kappa shape index (κ2) is 9.04. The lowest BCUT2D eigenvalue weighted by atomic mass is 9.95. The van der Waals surface area contributed by atoms with Gasteiger partial charge in [-0.2, -0.15) is 5.26 Å². The molecule has 4 rings (SSSR count).